The molecule has 2 nitrogen and oxygen atoms in total. The lowest BCUT2D eigenvalue weighted by Crippen LogP contribution is -2.61. The zero-order valence-electron chi connectivity index (χ0n) is 14.0. The molecule has 0 N–H and O–H groups in total. The second kappa shape index (κ2) is 5.39. The highest BCUT2D eigenvalue weighted by Gasteiger charge is 2.60. The first-order valence-electron chi connectivity index (χ1n) is 9.46. The van der Waals surface area contributed by atoms with E-state index in [1.807, 2.05) is 0 Å². The lowest BCUT2D eigenvalue weighted by molar-refractivity contribution is -0.216. The van der Waals surface area contributed by atoms with Gasteiger partial charge in [-0.1, -0.05) is 38.7 Å². The van der Waals surface area contributed by atoms with Gasteiger partial charge >= 0.3 is 5.97 Å². The van der Waals surface area contributed by atoms with Gasteiger partial charge in [-0.3, -0.25) is 0 Å². The molecule has 5 aliphatic rings. The average Bonchev–Trinajstić information content (AvgIpc) is 2.46. The fourth-order valence-electron chi connectivity index (χ4n) is 6.74. The van der Waals surface area contributed by atoms with Crippen LogP contribution in [0.15, 0.2) is 12.2 Å². The van der Waals surface area contributed by atoms with E-state index in [1.165, 1.54) is 51.4 Å². The van der Waals surface area contributed by atoms with E-state index in [1.54, 1.807) is 6.92 Å². The summed E-state index contributed by atoms with van der Waals surface area (Å²) in [4.78, 5) is 12.3. The second-order valence-electron chi connectivity index (χ2n) is 8.77. The third-order valence-corrected chi connectivity index (χ3v) is 7.12. The van der Waals surface area contributed by atoms with Crippen LogP contribution in [0.3, 0.4) is 0 Å². The van der Waals surface area contributed by atoms with Crippen LogP contribution in [-0.4, -0.2) is 11.6 Å². The van der Waals surface area contributed by atoms with Gasteiger partial charge in [-0.2, -0.15) is 0 Å². The summed E-state index contributed by atoms with van der Waals surface area (Å²) in [5.74, 6) is 3.76. The molecule has 0 aromatic carbocycles. The van der Waals surface area contributed by atoms with Crippen molar-refractivity contribution in [1.29, 1.82) is 0 Å². The SMILES string of the molecule is C=C(C)C(=O)OC12CC3CC(CC(C3)C1C1CCCCC1)C2. The summed E-state index contributed by atoms with van der Waals surface area (Å²) in [6, 6.07) is 0. The molecule has 5 saturated carbocycles. The third kappa shape index (κ3) is 2.34. The number of hydrogen-bond acceptors (Lipinski definition) is 2. The fourth-order valence-corrected chi connectivity index (χ4v) is 6.74. The molecule has 0 amide bonds. The van der Waals surface area contributed by atoms with Crippen molar-refractivity contribution >= 4 is 5.97 Å². The summed E-state index contributed by atoms with van der Waals surface area (Å²) >= 11 is 0. The van der Waals surface area contributed by atoms with Crippen molar-refractivity contribution in [2.45, 2.75) is 76.7 Å². The molecule has 3 unspecified atom stereocenters. The summed E-state index contributed by atoms with van der Waals surface area (Å²) in [5.41, 5.74) is 0.436. The molecule has 0 saturated heterocycles. The maximum Gasteiger partial charge on any atom is 0.333 e. The Hall–Kier alpha value is -0.790. The maximum atomic E-state index is 12.3. The molecule has 5 aliphatic carbocycles. The van der Waals surface area contributed by atoms with Gasteiger partial charge in [-0.25, -0.2) is 4.79 Å². The lowest BCUT2D eigenvalue weighted by atomic mass is 9.46. The quantitative estimate of drug-likeness (QED) is 0.548. The molecule has 4 bridgehead atoms. The van der Waals surface area contributed by atoms with Crippen LogP contribution in [-0.2, 0) is 9.53 Å². The van der Waals surface area contributed by atoms with Crippen LogP contribution in [0.4, 0.5) is 0 Å². The molecule has 0 heterocycles. The zero-order valence-corrected chi connectivity index (χ0v) is 14.0. The minimum Gasteiger partial charge on any atom is -0.455 e. The highest BCUT2D eigenvalue weighted by molar-refractivity contribution is 5.87. The molecule has 0 radical (unpaired) electrons. The predicted molar refractivity (Wildman–Crippen MR) is 87.3 cm³/mol. The Balaban J connectivity index is 1.64. The van der Waals surface area contributed by atoms with Gasteiger partial charge in [0.05, 0.1) is 0 Å². The van der Waals surface area contributed by atoms with Crippen LogP contribution in [0.25, 0.3) is 0 Å². The summed E-state index contributed by atoms with van der Waals surface area (Å²) in [5, 5.41) is 0. The molecule has 5 fully saturated rings. The van der Waals surface area contributed by atoms with Crippen molar-refractivity contribution in [2.24, 2.45) is 29.6 Å². The Bertz CT molecular complexity index is 458. The van der Waals surface area contributed by atoms with Crippen LogP contribution >= 0.6 is 0 Å². The van der Waals surface area contributed by atoms with E-state index in [9.17, 15) is 4.79 Å². The minimum absolute atomic E-state index is 0.132. The van der Waals surface area contributed by atoms with Crippen LogP contribution in [0.1, 0.15) is 71.1 Å². The van der Waals surface area contributed by atoms with Crippen molar-refractivity contribution < 1.29 is 9.53 Å². The van der Waals surface area contributed by atoms with Crippen molar-refractivity contribution in [3.05, 3.63) is 12.2 Å². The fraction of sp³-hybridized carbons (Fsp3) is 0.850. The minimum atomic E-state index is -0.136. The van der Waals surface area contributed by atoms with E-state index in [0.29, 0.717) is 11.5 Å². The van der Waals surface area contributed by atoms with Crippen molar-refractivity contribution in [2.75, 3.05) is 0 Å². The van der Waals surface area contributed by atoms with E-state index in [4.69, 9.17) is 4.74 Å². The molecule has 0 aromatic rings. The topological polar surface area (TPSA) is 26.3 Å². The number of rotatable bonds is 3. The molecule has 0 aromatic heterocycles. The average molecular weight is 302 g/mol. The number of hydrogen-bond donors (Lipinski definition) is 0. The van der Waals surface area contributed by atoms with Gasteiger partial charge in [0.1, 0.15) is 5.60 Å². The molecular weight excluding hydrogens is 272 g/mol. The first-order valence-corrected chi connectivity index (χ1v) is 9.46. The highest BCUT2D eigenvalue weighted by Crippen LogP contribution is 2.63. The molecule has 5 rings (SSSR count). The number of carbonyl (C=O) groups excluding carboxylic acids is 1. The Kier molecular flexibility index (Phi) is 3.62. The molecule has 22 heavy (non-hydrogen) atoms. The van der Waals surface area contributed by atoms with Gasteiger partial charge in [0.2, 0.25) is 0 Å². The van der Waals surface area contributed by atoms with Crippen LogP contribution in [0.5, 0.6) is 0 Å². The number of ether oxygens (including phenoxy) is 1. The first-order chi connectivity index (χ1) is 10.6. The number of carbonyl (C=O) groups is 1. The molecule has 3 atom stereocenters. The van der Waals surface area contributed by atoms with E-state index >= 15 is 0 Å². The Morgan fingerprint density at radius 1 is 1.00 bits per heavy atom. The second-order valence-corrected chi connectivity index (χ2v) is 8.77. The van der Waals surface area contributed by atoms with Crippen molar-refractivity contribution in [3.63, 3.8) is 0 Å². The van der Waals surface area contributed by atoms with E-state index < -0.39 is 0 Å². The van der Waals surface area contributed by atoms with Gasteiger partial charge in [-0.05, 0) is 62.7 Å². The van der Waals surface area contributed by atoms with Crippen LogP contribution in [0, 0.1) is 29.6 Å². The zero-order chi connectivity index (χ0) is 15.3. The Morgan fingerprint density at radius 2 is 1.64 bits per heavy atom. The molecule has 122 valence electrons. The smallest absolute Gasteiger partial charge is 0.333 e. The van der Waals surface area contributed by atoms with Gasteiger partial charge in [-0.15, -0.1) is 0 Å². The monoisotopic (exact) mass is 302 g/mol. The lowest BCUT2D eigenvalue weighted by Gasteiger charge is -2.62. The van der Waals surface area contributed by atoms with Crippen LogP contribution in [0.2, 0.25) is 0 Å². The van der Waals surface area contributed by atoms with Gasteiger partial charge in [0.25, 0.3) is 0 Å². The summed E-state index contributed by atoms with van der Waals surface area (Å²) < 4.78 is 6.24. The Morgan fingerprint density at radius 3 is 2.23 bits per heavy atom. The third-order valence-electron chi connectivity index (χ3n) is 7.12. The summed E-state index contributed by atoms with van der Waals surface area (Å²) in [6.45, 7) is 5.61. The normalized spacial score (nSPS) is 44.0. The highest BCUT2D eigenvalue weighted by atomic mass is 16.6. The van der Waals surface area contributed by atoms with E-state index in [0.717, 1.165) is 36.5 Å². The molecule has 0 aliphatic heterocycles. The van der Waals surface area contributed by atoms with Gasteiger partial charge < -0.3 is 4.74 Å². The van der Waals surface area contributed by atoms with Crippen molar-refractivity contribution in [3.8, 4) is 0 Å². The first kappa shape index (κ1) is 14.8. The van der Waals surface area contributed by atoms with E-state index in [-0.39, 0.29) is 11.6 Å². The maximum absolute atomic E-state index is 12.3. The molecule has 0 spiro atoms. The molecule has 2 heteroatoms. The van der Waals surface area contributed by atoms with E-state index in [2.05, 4.69) is 6.58 Å². The van der Waals surface area contributed by atoms with Gasteiger partial charge in [0, 0.05) is 11.5 Å². The number of esters is 1. The standard InChI is InChI=1S/C20H30O2/c1-13(2)19(21)22-20-11-14-8-15(12-20)10-17(9-14)18(20)16-6-4-3-5-7-16/h14-18H,1,3-12H2,2H3. The van der Waals surface area contributed by atoms with Gasteiger partial charge in [0.15, 0.2) is 0 Å². The summed E-state index contributed by atoms with van der Waals surface area (Å²) in [6.07, 6.45) is 13.4. The molecular formula is C20H30O2. The van der Waals surface area contributed by atoms with Crippen LogP contribution < -0.4 is 0 Å². The summed E-state index contributed by atoms with van der Waals surface area (Å²) in [7, 11) is 0. The predicted octanol–water partition coefficient (Wildman–Crippen LogP) is 4.88. The van der Waals surface area contributed by atoms with Crippen molar-refractivity contribution in [1.82, 2.24) is 0 Å². The Labute approximate surface area is 134 Å². The largest absolute Gasteiger partial charge is 0.455 e.